The summed E-state index contributed by atoms with van der Waals surface area (Å²) in [6.07, 6.45) is 14.2. The highest BCUT2D eigenvalue weighted by atomic mass is 16.5. The van der Waals surface area contributed by atoms with E-state index < -0.39 is 11.4 Å². The Morgan fingerprint density at radius 1 is 0.851 bits per heavy atom. The van der Waals surface area contributed by atoms with Crippen molar-refractivity contribution in [1.29, 1.82) is 0 Å². The summed E-state index contributed by atoms with van der Waals surface area (Å²) in [5.74, 6) is 1.82. The van der Waals surface area contributed by atoms with Gasteiger partial charge in [0.05, 0.1) is 11.8 Å². The van der Waals surface area contributed by atoms with Crippen molar-refractivity contribution >= 4 is 17.8 Å². The lowest BCUT2D eigenvalue weighted by molar-refractivity contribution is -0.250. The standard InChI is InChI=1S/C41H65NO5/c1-26(2)27-14-19-41(24-32(43)42-22-10-11-23-42)21-20-39(8)28(34(27)41)12-13-30-38(7)17-16-31(47-33(44)25-36(3,4)35(45)46)37(5,6)29(38)15-18-40(30,39)9/h27-31,34H,1,10-25H2,2-9H3,(H,45,46)/t27-,28+,29?,30?,31-,34+,38-,39+,40+,41+/m0/s1. The van der Waals surface area contributed by atoms with Gasteiger partial charge < -0.3 is 14.7 Å². The molecule has 47 heavy (non-hydrogen) atoms. The van der Waals surface area contributed by atoms with Crippen molar-refractivity contribution in [2.45, 2.75) is 151 Å². The van der Waals surface area contributed by atoms with E-state index in [1.165, 1.54) is 50.5 Å². The van der Waals surface area contributed by atoms with Crippen LogP contribution in [0.1, 0.15) is 145 Å². The summed E-state index contributed by atoms with van der Waals surface area (Å²) in [5.41, 5.74) is 0.756. The molecular formula is C41H65NO5. The van der Waals surface area contributed by atoms with Gasteiger partial charge in [-0.15, -0.1) is 0 Å². The summed E-state index contributed by atoms with van der Waals surface area (Å²) in [6.45, 7) is 24.4. The number of allylic oxidation sites excluding steroid dienone is 1. The van der Waals surface area contributed by atoms with E-state index in [2.05, 4.69) is 53.0 Å². The van der Waals surface area contributed by atoms with Gasteiger partial charge >= 0.3 is 11.9 Å². The van der Waals surface area contributed by atoms with Crippen molar-refractivity contribution in [2.75, 3.05) is 13.1 Å². The number of ether oxygens (including phenoxy) is 1. The van der Waals surface area contributed by atoms with Crippen LogP contribution in [0.2, 0.25) is 0 Å². The van der Waals surface area contributed by atoms with Gasteiger partial charge in [-0.05, 0) is 149 Å². The molecule has 0 radical (unpaired) electrons. The van der Waals surface area contributed by atoms with Crippen LogP contribution in [0.25, 0.3) is 0 Å². The van der Waals surface area contributed by atoms with Crippen LogP contribution in [0.4, 0.5) is 0 Å². The Morgan fingerprint density at radius 2 is 1.53 bits per heavy atom. The molecule has 1 heterocycles. The van der Waals surface area contributed by atoms with Gasteiger partial charge in [0.1, 0.15) is 6.10 Å². The first kappa shape index (κ1) is 35.0. The SMILES string of the molecule is C=C(C)[C@@H]1CC[C@]2(CC(=O)N3CCCC3)CC[C@]3(C)[C@H](CCC4[C@@]5(C)CC[C@H](OC(=O)CC(C)(C)C(=O)O)C(C)(C)C5CC[C@]43C)[C@@H]12. The number of aliphatic carboxylic acids is 1. The predicted octanol–water partition coefficient (Wildman–Crippen LogP) is 9.07. The Hall–Kier alpha value is -1.85. The fraction of sp³-hybridized carbons (Fsp3) is 0.878. The Balaban J connectivity index is 1.25. The lowest BCUT2D eigenvalue weighted by Crippen LogP contribution is -2.67. The molecule has 0 aromatic rings. The zero-order valence-electron chi connectivity index (χ0n) is 31.0. The number of carboxylic acids is 1. The van der Waals surface area contributed by atoms with Crippen LogP contribution < -0.4 is 0 Å². The third-order valence-electron chi connectivity index (χ3n) is 16.6. The molecule has 1 amide bonds. The molecule has 6 fully saturated rings. The third-order valence-corrected chi connectivity index (χ3v) is 16.6. The minimum absolute atomic E-state index is 0.102. The minimum Gasteiger partial charge on any atom is -0.481 e. The second-order valence-corrected chi connectivity index (χ2v) is 19.5. The molecule has 2 unspecified atom stereocenters. The zero-order chi connectivity index (χ0) is 34.4. The molecule has 6 rings (SSSR count). The number of carboxylic acid groups (broad SMARTS) is 1. The van der Waals surface area contributed by atoms with Crippen LogP contribution in [0.5, 0.6) is 0 Å². The van der Waals surface area contributed by atoms with Crippen molar-refractivity contribution < 1.29 is 24.2 Å². The number of rotatable bonds is 7. The Kier molecular flexibility index (Phi) is 8.64. The Morgan fingerprint density at radius 3 is 2.17 bits per heavy atom. The van der Waals surface area contributed by atoms with E-state index in [9.17, 15) is 19.5 Å². The molecule has 1 aliphatic heterocycles. The van der Waals surface area contributed by atoms with Gasteiger partial charge in [-0.2, -0.15) is 0 Å². The third kappa shape index (κ3) is 5.26. The number of likely N-dealkylation sites (tertiary alicyclic amines) is 1. The number of carbonyl (C=O) groups excluding carboxylic acids is 2. The van der Waals surface area contributed by atoms with Crippen LogP contribution in [0, 0.1) is 62.1 Å². The molecule has 0 bridgehead atoms. The summed E-state index contributed by atoms with van der Waals surface area (Å²) in [7, 11) is 0. The van der Waals surface area contributed by atoms with Gasteiger partial charge in [0.25, 0.3) is 0 Å². The van der Waals surface area contributed by atoms with Crippen LogP contribution in [0.3, 0.4) is 0 Å². The highest BCUT2D eigenvalue weighted by Gasteiger charge is 2.71. The van der Waals surface area contributed by atoms with E-state index in [-0.39, 0.29) is 45.6 Å². The molecule has 0 aromatic carbocycles. The highest BCUT2D eigenvalue weighted by molar-refractivity contribution is 5.81. The second kappa shape index (κ2) is 11.6. The van der Waals surface area contributed by atoms with E-state index in [0.717, 1.165) is 51.6 Å². The molecule has 0 spiro atoms. The molecule has 6 heteroatoms. The van der Waals surface area contributed by atoms with Crippen molar-refractivity contribution in [2.24, 2.45) is 62.1 Å². The van der Waals surface area contributed by atoms with Crippen molar-refractivity contribution in [3.8, 4) is 0 Å². The van der Waals surface area contributed by atoms with Crippen LogP contribution >= 0.6 is 0 Å². The van der Waals surface area contributed by atoms with E-state index >= 15 is 0 Å². The van der Waals surface area contributed by atoms with Crippen molar-refractivity contribution in [3.05, 3.63) is 12.2 Å². The van der Waals surface area contributed by atoms with Crippen molar-refractivity contribution in [3.63, 3.8) is 0 Å². The average molecular weight is 652 g/mol. The average Bonchev–Trinajstić information content (AvgIpc) is 3.64. The molecule has 1 N–H and O–H groups in total. The highest BCUT2D eigenvalue weighted by Crippen LogP contribution is 2.78. The Labute approximate surface area is 285 Å². The number of fused-ring (bicyclic) bond motifs is 7. The fourth-order valence-corrected chi connectivity index (χ4v) is 13.8. The number of esters is 1. The zero-order valence-corrected chi connectivity index (χ0v) is 31.0. The van der Waals surface area contributed by atoms with Crippen LogP contribution in [0.15, 0.2) is 12.2 Å². The molecule has 5 saturated carbocycles. The first-order chi connectivity index (χ1) is 21.8. The van der Waals surface area contributed by atoms with Gasteiger partial charge in [-0.1, -0.05) is 46.8 Å². The predicted molar refractivity (Wildman–Crippen MR) is 185 cm³/mol. The lowest BCUT2D eigenvalue weighted by Gasteiger charge is -2.73. The normalized spacial score (nSPS) is 44.0. The molecule has 6 nitrogen and oxygen atoms in total. The largest absolute Gasteiger partial charge is 0.481 e. The number of hydrogen-bond acceptors (Lipinski definition) is 4. The van der Waals surface area contributed by atoms with Gasteiger partial charge in [0.2, 0.25) is 5.91 Å². The molecule has 5 aliphatic carbocycles. The maximum Gasteiger partial charge on any atom is 0.309 e. The quantitative estimate of drug-likeness (QED) is 0.219. The summed E-state index contributed by atoms with van der Waals surface area (Å²) in [4.78, 5) is 40.7. The van der Waals surface area contributed by atoms with Gasteiger partial charge in [-0.3, -0.25) is 14.4 Å². The molecule has 264 valence electrons. The van der Waals surface area contributed by atoms with Crippen LogP contribution in [-0.4, -0.2) is 47.0 Å². The molecule has 0 aromatic heterocycles. The summed E-state index contributed by atoms with van der Waals surface area (Å²) >= 11 is 0. The maximum absolute atomic E-state index is 13.8. The van der Waals surface area contributed by atoms with Crippen molar-refractivity contribution in [1.82, 2.24) is 4.90 Å². The fourth-order valence-electron chi connectivity index (χ4n) is 13.8. The summed E-state index contributed by atoms with van der Waals surface area (Å²) in [6, 6.07) is 0. The van der Waals surface area contributed by atoms with E-state index in [4.69, 9.17) is 4.74 Å². The van der Waals surface area contributed by atoms with Gasteiger partial charge in [0, 0.05) is 24.9 Å². The van der Waals surface area contributed by atoms with Gasteiger partial charge in [0.15, 0.2) is 0 Å². The number of carbonyl (C=O) groups is 3. The number of nitrogens with zero attached hydrogens (tertiary/aromatic N) is 1. The van der Waals surface area contributed by atoms with E-state index in [0.29, 0.717) is 35.5 Å². The minimum atomic E-state index is -1.13. The molecule has 1 saturated heterocycles. The van der Waals surface area contributed by atoms with E-state index in [1.54, 1.807) is 13.8 Å². The van der Waals surface area contributed by atoms with E-state index in [1.807, 2.05) is 0 Å². The molecule has 10 atom stereocenters. The summed E-state index contributed by atoms with van der Waals surface area (Å²) in [5, 5.41) is 9.58. The first-order valence-electron chi connectivity index (χ1n) is 19.2. The Bertz CT molecular complexity index is 1300. The monoisotopic (exact) mass is 651 g/mol. The number of amides is 1. The molecule has 6 aliphatic rings. The topological polar surface area (TPSA) is 83.9 Å². The second-order valence-electron chi connectivity index (χ2n) is 19.5. The lowest BCUT2D eigenvalue weighted by atomic mass is 9.32. The van der Waals surface area contributed by atoms with Gasteiger partial charge in [-0.25, -0.2) is 0 Å². The first-order valence-corrected chi connectivity index (χ1v) is 19.2. The van der Waals surface area contributed by atoms with Crippen LogP contribution in [-0.2, 0) is 19.1 Å². The maximum atomic E-state index is 13.8. The smallest absolute Gasteiger partial charge is 0.309 e. The summed E-state index contributed by atoms with van der Waals surface area (Å²) < 4.78 is 6.17. The number of hydrogen-bond donors (Lipinski definition) is 1. The molecular weight excluding hydrogens is 586 g/mol.